The van der Waals surface area contributed by atoms with Gasteiger partial charge in [0.2, 0.25) is 5.91 Å². The van der Waals surface area contributed by atoms with E-state index >= 15 is 4.39 Å². The van der Waals surface area contributed by atoms with Crippen LogP contribution in [0.25, 0.3) is 0 Å². The first-order valence-electron chi connectivity index (χ1n) is 15.0. The molecule has 0 unspecified atom stereocenters. The average molecular weight is 586 g/mol. The lowest BCUT2D eigenvalue weighted by atomic mass is 9.87. The number of methoxy groups -OCH3 is 1. The number of benzene rings is 2. The summed E-state index contributed by atoms with van der Waals surface area (Å²) in [5.74, 6) is -2.97. The molecule has 0 saturated carbocycles. The fourth-order valence-corrected chi connectivity index (χ4v) is 7.04. The van der Waals surface area contributed by atoms with Crippen molar-refractivity contribution < 1.29 is 27.5 Å². The summed E-state index contributed by atoms with van der Waals surface area (Å²) in [4.78, 5) is 33.0. The van der Waals surface area contributed by atoms with Crippen LogP contribution in [-0.4, -0.2) is 84.0 Å². The number of hydrogen-bond acceptors (Lipinski definition) is 5. The second-order valence-electron chi connectivity index (χ2n) is 13.1. The van der Waals surface area contributed by atoms with Crippen molar-refractivity contribution in [1.82, 2.24) is 14.7 Å². The molecular weight excluding hydrogens is 543 g/mol. The molecule has 2 aliphatic heterocycles. The highest BCUT2D eigenvalue weighted by molar-refractivity contribution is 5.81. The first-order chi connectivity index (χ1) is 19.9. The molecule has 2 heterocycles. The third-order valence-corrected chi connectivity index (χ3v) is 9.48. The van der Waals surface area contributed by atoms with Gasteiger partial charge in [-0.15, -0.1) is 0 Å². The van der Waals surface area contributed by atoms with Crippen LogP contribution in [0.2, 0.25) is 0 Å². The van der Waals surface area contributed by atoms with E-state index in [2.05, 4.69) is 25.7 Å². The Balaban J connectivity index is 1.34. The van der Waals surface area contributed by atoms with Crippen LogP contribution in [0.3, 0.4) is 0 Å². The van der Waals surface area contributed by atoms with Crippen molar-refractivity contribution in [3.8, 4) is 0 Å². The Hall–Kier alpha value is -2.91. The Morgan fingerprint density at radius 1 is 0.976 bits per heavy atom. The summed E-state index contributed by atoms with van der Waals surface area (Å²) in [6.07, 6.45) is 3.00. The maximum Gasteiger partial charge on any atom is 0.323 e. The van der Waals surface area contributed by atoms with Gasteiger partial charge in [0.05, 0.1) is 13.0 Å². The van der Waals surface area contributed by atoms with Crippen molar-refractivity contribution in [2.24, 2.45) is 5.92 Å². The van der Waals surface area contributed by atoms with Gasteiger partial charge in [0.1, 0.15) is 23.5 Å². The van der Waals surface area contributed by atoms with Gasteiger partial charge in [0.15, 0.2) is 0 Å². The maximum atomic E-state index is 15.0. The van der Waals surface area contributed by atoms with E-state index in [9.17, 15) is 18.4 Å². The molecule has 2 fully saturated rings. The number of piperazine rings is 1. The van der Waals surface area contributed by atoms with Crippen LogP contribution in [0, 0.1) is 23.4 Å². The van der Waals surface area contributed by atoms with Crippen LogP contribution in [-0.2, 0) is 33.6 Å². The van der Waals surface area contributed by atoms with Crippen molar-refractivity contribution in [1.29, 1.82) is 0 Å². The summed E-state index contributed by atoms with van der Waals surface area (Å²) in [6.45, 7) is 10.3. The van der Waals surface area contributed by atoms with Gasteiger partial charge >= 0.3 is 5.97 Å². The predicted molar refractivity (Wildman–Crippen MR) is 155 cm³/mol. The monoisotopic (exact) mass is 585 g/mol. The number of hydrogen-bond donors (Lipinski definition) is 0. The number of rotatable bonds is 6. The van der Waals surface area contributed by atoms with Gasteiger partial charge in [-0.25, -0.2) is 13.2 Å². The fourth-order valence-electron chi connectivity index (χ4n) is 7.04. The number of aryl methyl sites for hydroxylation is 2. The van der Waals surface area contributed by atoms with Crippen LogP contribution in [0.15, 0.2) is 30.3 Å². The van der Waals surface area contributed by atoms with E-state index in [4.69, 9.17) is 4.74 Å². The third-order valence-electron chi connectivity index (χ3n) is 9.48. The van der Waals surface area contributed by atoms with Gasteiger partial charge in [-0.3, -0.25) is 19.4 Å². The van der Waals surface area contributed by atoms with Crippen molar-refractivity contribution in [2.75, 3.05) is 39.8 Å². The summed E-state index contributed by atoms with van der Waals surface area (Å²) < 4.78 is 48.8. The zero-order valence-corrected chi connectivity index (χ0v) is 25.3. The normalized spacial score (nSPS) is 24.1. The third kappa shape index (κ3) is 6.09. The molecule has 1 amide bonds. The number of halogens is 3. The molecule has 4 atom stereocenters. The maximum absolute atomic E-state index is 15.0. The van der Waals surface area contributed by atoms with Crippen LogP contribution in [0.5, 0.6) is 0 Å². The zero-order chi connectivity index (χ0) is 30.3. The molecule has 6 nitrogen and oxygen atoms in total. The molecule has 228 valence electrons. The Kier molecular flexibility index (Phi) is 8.72. The smallest absolute Gasteiger partial charge is 0.323 e. The highest BCUT2D eigenvalue weighted by Gasteiger charge is 2.46. The van der Waals surface area contributed by atoms with Gasteiger partial charge < -0.3 is 9.64 Å². The lowest BCUT2D eigenvalue weighted by Crippen LogP contribution is -2.59. The number of ether oxygens (including phenoxy) is 1. The first kappa shape index (κ1) is 30.5. The number of esters is 1. The van der Waals surface area contributed by atoms with E-state index < -0.39 is 35.5 Å². The molecule has 0 spiro atoms. The van der Waals surface area contributed by atoms with E-state index in [1.807, 2.05) is 22.8 Å². The van der Waals surface area contributed by atoms with Gasteiger partial charge in [0, 0.05) is 62.7 Å². The zero-order valence-electron chi connectivity index (χ0n) is 25.3. The fraction of sp³-hybridized carbons (Fsp3) is 0.576. The lowest BCUT2D eigenvalue weighted by Gasteiger charge is -2.43. The molecule has 0 bridgehead atoms. The average Bonchev–Trinajstić information content (AvgIpc) is 3.58. The van der Waals surface area contributed by atoms with Crippen LogP contribution < -0.4 is 0 Å². The van der Waals surface area contributed by atoms with Crippen molar-refractivity contribution in [3.63, 3.8) is 0 Å². The topological polar surface area (TPSA) is 53.1 Å². The van der Waals surface area contributed by atoms with Crippen LogP contribution >= 0.6 is 0 Å². The molecule has 42 heavy (non-hydrogen) atoms. The van der Waals surface area contributed by atoms with Gasteiger partial charge in [-0.2, -0.15) is 0 Å². The summed E-state index contributed by atoms with van der Waals surface area (Å²) in [6, 6.07) is 6.19. The quantitative estimate of drug-likeness (QED) is 0.460. The minimum absolute atomic E-state index is 0.0677. The molecule has 0 radical (unpaired) electrons. The summed E-state index contributed by atoms with van der Waals surface area (Å²) in [5, 5.41) is 0. The molecule has 5 rings (SSSR count). The Labute approximate surface area is 246 Å². The number of carbonyl (C=O) groups excluding carboxylic acids is 2. The standard InChI is InChI=1S/C33H42F3N3O3/c1-20-17-37(30(32(41)42-5)15-23-13-21-7-6-8-22(21)14-28(23)35)11-12-39(20)31(40)27-19-38(33(2,3)4)18-26(27)25-10-9-24(34)16-29(25)36/h9-10,13-14,16,20,26-27,30H,6-8,11-12,15,17-19H2,1-5H3/t20-,26-,27+,30-/m0/s1. The van der Waals surface area contributed by atoms with E-state index in [-0.39, 0.29) is 29.7 Å². The second-order valence-corrected chi connectivity index (χ2v) is 13.1. The summed E-state index contributed by atoms with van der Waals surface area (Å²) >= 11 is 0. The predicted octanol–water partition coefficient (Wildman–Crippen LogP) is 4.72. The minimum Gasteiger partial charge on any atom is -0.468 e. The Morgan fingerprint density at radius 3 is 2.33 bits per heavy atom. The number of fused-ring (bicyclic) bond motifs is 1. The number of carbonyl (C=O) groups is 2. The minimum atomic E-state index is -0.674. The van der Waals surface area contributed by atoms with E-state index in [0.29, 0.717) is 43.9 Å². The molecule has 0 N–H and O–H groups in total. The van der Waals surface area contributed by atoms with Crippen molar-refractivity contribution in [3.05, 3.63) is 70.0 Å². The lowest BCUT2D eigenvalue weighted by molar-refractivity contribution is -0.150. The van der Waals surface area contributed by atoms with Crippen LogP contribution in [0.4, 0.5) is 13.2 Å². The molecule has 1 aliphatic carbocycles. The SMILES string of the molecule is COC(=O)[C@H](Cc1cc2c(cc1F)CCC2)N1CCN(C(=O)[C@@H]2CN(C(C)(C)C)C[C@H]2c2ccc(F)cc2F)[C@@H](C)C1. The van der Waals surface area contributed by atoms with Crippen LogP contribution in [0.1, 0.15) is 62.3 Å². The molecule has 2 saturated heterocycles. The van der Waals surface area contributed by atoms with E-state index in [1.54, 1.807) is 6.07 Å². The van der Waals surface area contributed by atoms with E-state index in [0.717, 1.165) is 36.5 Å². The first-order valence-corrected chi connectivity index (χ1v) is 15.0. The van der Waals surface area contributed by atoms with Crippen molar-refractivity contribution in [2.45, 2.75) is 76.9 Å². The van der Waals surface area contributed by atoms with Crippen molar-refractivity contribution >= 4 is 11.9 Å². The largest absolute Gasteiger partial charge is 0.468 e. The molecular formula is C33H42F3N3O3. The Bertz CT molecular complexity index is 1340. The molecule has 2 aromatic rings. The number of nitrogens with zero attached hydrogens (tertiary/aromatic N) is 3. The number of amides is 1. The summed E-state index contributed by atoms with van der Waals surface area (Å²) in [7, 11) is 1.34. The summed E-state index contributed by atoms with van der Waals surface area (Å²) in [5.41, 5.74) is 2.83. The van der Waals surface area contributed by atoms with Gasteiger partial charge in [0.25, 0.3) is 0 Å². The Morgan fingerprint density at radius 2 is 1.69 bits per heavy atom. The van der Waals surface area contributed by atoms with E-state index in [1.165, 1.54) is 19.2 Å². The molecule has 3 aliphatic rings. The highest BCUT2D eigenvalue weighted by atomic mass is 19.1. The highest BCUT2D eigenvalue weighted by Crippen LogP contribution is 2.39. The molecule has 0 aromatic heterocycles. The number of likely N-dealkylation sites (tertiary alicyclic amines) is 1. The second kappa shape index (κ2) is 12.0. The molecule has 2 aromatic carbocycles. The van der Waals surface area contributed by atoms with Gasteiger partial charge in [-0.1, -0.05) is 12.1 Å². The van der Waals surface area contributed by atoms with Gasteiger partial charge in [-0.05, 0) is 81.3 Å². The molecule has 9 heteroatoms.